The van der Waals surface area contributed by atoms with Crippen LogP contribution in [0.5, 0.6) is 0 Å². The predicted octanol–water partition coefficient (Wildman–Crippen LogP) is 3.82. The van der Waals surface area contributed by atoms with Gasteiger partial charge < -0.3 is 40.3 Å². The summed E-state index contributed by atoms with van der Waals surface area (Å²) in [5.41, 5.74) is -0.153. The zero-order valence-corrected chi connectivity index (χ0v) is 38.6. The highest BCUT2D eigenvalue weighted by atomic mass is 35.5. The van der Waals surface area contributed by atoms with E-state index in [9.17, 15) is 33.6 Å². The number of nitrogens with one attached hydrogen (secondary N) is 3. The largest absolute Gasteiger partial charge is 0.382 e. The monoisotopic (exact) mass is 879 g/mol. The van der Waals surface area contributed by atoms with E-state index in [1.165, 1.54) is 35.9 Å². The Hall–Kier alpha value is -3.95. The molecule has 0 aliphatic carbocycles. The highest BCUT2D eigenvalue weighted by Gasteiger charge is 2.42. The molecular formula is C43H67Cl2N7O8. The first-order chi connectivity index (χ1) is 28.2. The third kappa shape index (κ3) is 13.0. The zero-order valence-electron chi connectivity index (χ0n) is 37.1. The zero-order chi connectivity index (χ0) is 45.1. The summed E-state index contributed by atoms with van der Waals surface area (Å²) in [6.45, 7) is 11.8. The van der Waals surface area contributed by atoms with Crippen LogP contribution in [0.15, 0.2) is 18.2 Å². The predicted molar refractivity (Wildman–Crippen MR) is 231 cm³/mol. The lowest BCUT2D eigenvalue weighted by molar-refractivity contribution is -0.147. The molecule has 1 aromatic rings. The van der Waals surface area contributed by atoms with Gasteiger partial charge in [0, 0.05) is 63.2 Å². The number of likely N-dealkylation sites (N-methyl/N-ethyl adjacent to an activating group) is 3. The highest BCUT2D eigenvalue weighted by Crippen LogP contribution is 2.29. The third-order valence-electron chi connectivity index (χ3n) is 11.8. The second-order valence-electron chi connectivity index (χ2n) is 17.2. The smallest absolute Gasteiger partial charge is 0.247 e. The van der Waals surface area contributed by atoms with Crippen molar-refractivity contribution in [3.63, 3.8) is 0 Å². The molecule has 336 valence electrons. The van der Waals surface area contributed by atoms with Gasteiger partial charge >= 0.3 is 0 Å². The molecule has 2 aliphatic heterocycles. The summed E-state index contributed by atoms with van der Waals surface area (Å²) in [6.07, 6.45) is 3.15. The maximum atomic E-state index is 14.5. The van der Waals surface area contributed by atoms with Crippen LogP contribution >= 0.6 is 23.2 Å². The number of benzene rings is 1. The molecule has 60 heavy (non-hydrogen) atoms. The molecule has 0 unspecified atom stereocenters. The van der Waals surface area contributed by atoms with Crippen LogP contribution in [0, 0.1) is 11.3 Å². The molecule has 0 bridgehead atoms. The van der Waals surface area contributed by atoms with Crippen LogP contribution in [0.25, 0.3) is 0 Å². The second kappa shape index (κ2) is 22.8. The molecule has 2 aliphatic rings. The Bertz CT molecular complexity index is 1710. The molecular weight excluding hydrogens is 813 g/mol. The molecule has 0 radical (unpaired) electrons. The molecule has 2 saturated heterocycles. The fourth-order valence-corrected chi connectivity index (χ4v) is 8.06. The highest BCUT2D eigenvalue weighted by molar-refractivity contribution is 6.33. The van der Waals surface area contributed by atoms with E-state index >= 15 is 0 Å². The molecule has 3 N–H and O–H groups in total. The van der Waals surface area contributed by atoms with E-state index in [4.69, 9.17) is 27.9 Å². The average Bonchev–Trinajstić information content (AvgIpc) is 3.70. The number of halogens is 2. The van der Waals surface area contributed by atoms with Crippen molar-refractivity contribution in [3.8, 4) is 0 Å². The molecule has 6 atom stereocenters. The Morgan fingerprint density at radius 1 is 0.950 bits per heavy atom. The van der Waals surface area contributed by atoms with E-state index in [-0.39, 0.29) is 50.7 Å². The third-order valence-corrected chi connectivity index (χ3v) is 12.4. The molecule has 17 heteroatoms. The number of likely N-dealkylation sites (tertiary alicyclic amines) is 1. The SMILES string of the molecule is CC[C@H](NC(=O)[C@@H]1CCCN1C(=O)C(C)(C)CC)C(=O)N(C)[C@H]1CCCCN(C)C(=O)[C@@H](COC)NC(=O)[C@H](Cc2cc(Cl)ccc2Cl)N(C)C(=O)[C@H](CC(C)C)NC1=O. The first kappa shape index (κ1) is 50.4. The summed E-state index contributed by atoms with van der Waals surface area (Å²) in [5, 5.41) is 9.29. The van der Waals surface area contributed by atoms with Gasteiger partial charge in [-0.15, -0.1) is 0 Å². The lowest BCUT2D eigenvalue weighted by atomic mass is 9.88. The van der Waals surface area contributed by atoms with E-state index in [1.54, 1.807) is 37.1 Å². The molecule has 0 saturated carbocycles. The normalized spacial score (nSPS) is 23.4. The van der Waals surface area contributed by atoms with Crippen LogP contribution in [0.1, 0.15) is 98.5 Å². The van der Waals surface area contributed by atoms with Crippen molar-refractivity contribution in [2.75, 3.05) is 47.9 Å². The van der Waals surface area contributed by atoms with E-state index < -0.39 is 77.1 Å². The summed E-state index contributed by atoms with van der Waals surface area (Å²) in [5.74, 6) is -3.30. The molecule has 1 aromatic carbocycles. The van der Waals surface area contributed by atoms with Crippen LogP contribution in [0.4, 0.5) is 0 Å². The minimum Gasteiger partial charge on any atom is -0.382 e. The quantitative estimate of drug-likeness (QED) is 0.268. The number of methoxy groups -OCH3 is 1. The minimum absolute atomic E-state index is 0.0628. The molecule has 15 nitrogen and oxygen atoms in total. The Morgan fingerprint density at radius 3 is 2.23 bits per heavy atom. The van der Waals surface area contributed by atoms with Gasteiger partial charge in [-0.25, -0.2) is 0 Å². The number of carbonyl (C=O) groups is 7. The topological polar surface area (TPSA) is 178 Å². The Kier molecular flexibility index (Phi) is 19.1. The van der Waals surface area contributed by atoms with Gasteiger partial charge in [0.15, 0.2) is 0 Å². The molecule has 2 heterocycles. The minimum atomic E-state index is -1.20. The van der Waals surface area contributed by atoms with Gasteiger partial charge in [0.05, 0.1) is 6.61 Å². The number of hydrogen-bond donors (Lipinski definition) is 3. The van der Waals surface area contributed by atoms with Gasteiger partial charge in [0.1, 0.15) is 36.3 Å². The van der Waals surface area contributed by atoms with Crippen LogP contribution in [-0.2, 0) is 44.7 Å². The van der Waals surface area contributed by atoms with Crippen LogP contribution in [0.2, 0.25) is 10.0 Å². The fraction of sp³-hybridized carbons (Fsp3) is 0.698. The number of amides is 7. The van der Waals surface area contributed by atoms with Crippen molar-refractivity contribution < 1.29 is 38.3 Å². The van der Waals surface area contributed by atoms with Gasteiger partial charge in [-0.3, -0.25) is 33.6 Å². The number of hydrogen-bond acceptors (Lipinski definition) is 8. The van der Waals surface area contributed by atoms with Gasteiger partial charge in [-0.2, -0.15) is 0 Å². The van der Waals surface area contributed by atoms with Crippen LogP contribution < -0.4 is 16.0 Å². The summed E-state index contributed by atoms with van der Waals surface area (Å²) < 4.78 is 5.33. The van der Waals surface area contributed by atoms with Gasteiger partial charge in [-0.1, -0.05) is 64.7 Å². The lowest BCUT2D eigenvalue weighted by Gasteiger charge is -2.36. The summed E-state index contributed by atoms with van der Waals surface area (Å²) in [4.78, 5) is 104. The van der Waals surface area contributed by atoms with Crippen molar-refractivity contribution in [3.05, 3.63) is 33.8 Å². The second-order valence-corrected chi connectivity index (χ2v) is 18.0. The number of rotatable bonds is 13. The van der Waals surface area contributed by atoms with Crippen molar-refractivity contribution in [1.29, 1.82) is 0 Å². The molecule has 7 amide bonds. The Labute approximate surface area is 365 Å². The molecule has 0 spiro atoms. The van der Waals surface area contributed by atoms with Crippen molar-refractivity contribution in [1.82, 2.24) is 35.6 Å². The standard InChI is InChI=1S/C43H67Cl2N7O8/c1-11-30(46-37(54)34-17-15-21-52(34)42(59)43(5,6)12-2)40(57)50(8)33-16-13-14-20-49(7)39(56)32(25-60-10)48-38(55)35(24-27-23-28(44)18-19-29(27)45)51(9)41(58)31(22-26(3)4)47-36(33)53/h18-19,23,26,30-35H,11-17,20-22,24-25H2,1-10H3,(H,46,54)(H,47,53)(H,48,55)/t30-,31-,32+,33-,34-,35-/m0/s1. The van der Waals surface area contributed by atoms with Crippen molar-refractivity contribution in [2.24, 2.45) is 11.3 Å². The van der Waals surface area contributed by atoms with Gasteiger partial charge in [0.25, 0.3) is 0 Å². The number of ether oxygens (including phenoxy) is 1. The van der Waals surface area contributed by atoms with Crippen LogP contribution in [-0.4, -0.2) is 145 Å². The van der Waals surface area contributed by atoms with Crippen molar-refractivity contribution >= 4 is 64.6 Å². The molecule has 0 aromatic heterocycles. The van der Waals surface area contributed by atoms with Crippen LogP contribution in [0.3, 0.4) is 0 Å². The lowest BCUT2D eigenvalue weighted by Crippen LogP contribution is -2.61. The number of nitrogens with zero attached hydrogens (tertiary/aromatic N) is 4. The van der Waals surface area contributed by atoms with Crippen molar-refractivity contribution in [2.45, 2.75) is 136 Å². The summed E-state index contributed by atoms with van der Waals surface area (Å²) in [6, 6.07) is -1.35. The first-order valence-electron chi connectivity index (χ1n) is 21.1. The number of carbonyl (C=O) groups excluding carboxylic acids is 7. The van der Waals surface area contributed by atoms with E-state index in [1.807, 2.05) is 34.6 Å². The fourth-order valence-electron chi connectivity index (χ4n) is 7.67. The summed E-state index contributed by atoms with van der Waals surface area (Å²) >= 11 is 12.8. The maximum absolute atomic E-state index is 14.5. The molecule has 3 rings (SSSR count). The van der Waals surface area contributed by atoms with E-state index in [2.05, 4.69) is 16.0 Å². The maximum Gasteiger partial charge on any atom is 0.247 e. The Morgan fingerprint density at radius 2 is 1.62 bits per heavy atom. The van der Waals surface area contributed by atoms with E-state index in [0.717, 1.165) is 0 Å². The first-order valence-corrected chi connectivity index (χ1v) is 21.9. The van der Waals surface area contributed by atoms with Gasteiger partial charge in [-0.05, 0) is 81.0 Å². The van der Waals surface area contributed by atoms with E-state index in [0.29, 0.717) is 54.3 Å². The van der Waals surface area contributed by atoms with Gasteiger partial charge in [0.2, 0.25) is 41.4 Å². The average molecular weight is 881 g/mol. The Balaban J connectivity index is 2.00. The molecule has 2 fully saturated rings. The summed E-state index contributed by atoms with van der Waals surface area (Å²) in [7, 11) is 5.98.